The number of hydrogen-bond acceptors (Lipinski definition) is 7. The molecule has 0 aliphatic heterocycles. The molecule has 8 nitrogen and oxygen atoms in total. The van der Waals surface area contributed by atoms with Crippen LogP contribution < -0.4 is 5.32 Å². The quantitative estimate of drug-likeness (QED) is 0.797. The zero-order chi connectivity index (χ0) is 17.1. The number of carboxylic acids is 1. The maximum absolute atomic E-state index is 11.6. The largest absolute Gasteiger partial charge is 0.478 e. The van der Waals surface area contributed by atoms with Crippen LogP contribution in [0, 0.1) is 0 Å². The standard InChI is InChI=1S/C12H16N2O6S2/c1-12(2,3)20-11(17)14-10-13-8(5-21-10)7(9(15)16)6-22(4,18)19/h5-6H,1-4H3,(H,15,16)(H,13,14,17)/b7-6-. The van der Waals surface area contributed by atoms with Crippen molar-refractivity contribution in [1.29, 1.82) is 0 Å². The molecule has 0 saturated carbocycles. The van der Waals surface area contributed by atoms with Gasteiger partial charge in [-0.15, -0.1) is 11.3 Å². The van der Waals surface area contributed by atoms with E-state index in [4.69, 9.17) is 9.84 Å². The van der Waals surface area contributed by atoms with E-state index in [2.05, 4.69) is 10.3 Å². The fraction of sp³-hybridized carbons (Fsp3) is 0.417. The molecule has 0 aliphatic rings. The van der Waals surface area contributed by atoms with Crippen LogP contribution in [0.5, 0.6) is 0 Å². The number of aromatic nitrogens is 1. The number of anilines is 1. The third-order valence-electron chi connectivity index (χ3n) is 1.95. The highest BCUT2D eigenvalue weighted by Crippen LogP contribution is 2.23. The van der Waals surface area contributed by atoms with E-state index in [0.29, 0.717) is 5.41 Å². The normalized spacial score (nSPS) is 12.8. The number of thiazole rings is 1. The van der Waals surface area contributed by atoms with E-state index in [1.165, 1.54) is 5.38 Å². The number of rotatable bonds is 4. The maximum Gasteiger partial charge on any atom is 0.413 e. The Hall–Kier alpha value is -1.94. The van der Waals surface area contributed by atoms with E-state index in [1.807, 2.05) is 0 Å². The molecule has 0 radical (unpaired) electrons. The molecule has 0 bridgehead atoms. The highest BCUT2D eigenvalue weighted by atomic mass is 32.2. The number of nitrogens with one attached hydrogen (secondary N) is 1. The van der Waals surface area contributed by atoms with Gasteiger partial charge in [0.15, 0.2) is 15.0 Å². The van der Waals surface area contributed by atoms with Crippen LogP contribution in [0.2, 0.25) is 0 Å². The van der Waals surface area contributed by atoms with Gasteiger partial charge < -0.3 is 9.84 Å². The lowest BCUT2D eigenvalue weighted by Crippen LogP contribution is -2.27. The number of carbonyl (C=O) groups is 2. The van der Waals surface area contributed by atoms with Gasteiger partial charge >= 0.3 is 12.1 Å². The lowest BCUT2D eigenvalue weighted by Gasteiger charge is -2.18. The molecule has 10 heteroatoms. The summed E-state index contributed by atoms with van der Waals surface area (Å²) in [6.45, 7) is 5.08. The van der Waals surface area contributed by atoms with Gasteiger partial charge in [0.25, 0.3) is 0 Å². The molecule has 0 aliphatic carbocycles. The van der Waals surface area contributed by atoms with Crippen LogP contribution in [0.15, 0.2) is 10.8 Å². The number of ether oxygens (including phenoxy) is 1. The summed E-state index contributed by atoms with van der Waals surface area (Å²) in [5.74, 6) is -1.43. The average molecular weight is 348 g/mol. The predicted molar refractivity (Wildman–Crippen MR) is 82.4 cm³/mol. The first-order chi connectivity index (χ1) is 9.87. The van der Waals surface area contributed by atoms with E-state index in [9.17, 15) is 18.0 Å². The summed E-state index contributed by atoms with van der Waals surface area (Å²) in [6, 6.07) is 0. The molecule has 1 heterocycles. The lowest BCUT2D eigenvalue weighted by atomic mass is 10.2. The van der Waals surface area contributed by atoms with E-state index in [-0.39, 0.29) is 10.8 Å². The molecule has 0 atom stereocenters. The van der Waals surface area contributed by atoms with Crippen molar-refractivity contribution in [2.75, 3.05) is 11.6 Å². The van der Waals surface area contributed by atoms with E-state index >= 15 is 0 Å². The highest BCUT2D eigenvalue weighted by Gasteiger charge is 2.20. The van der Waals surface area contributed by atoms with Gasteiger partial charge in [-0.2, -0.15) is 0 Å². The second kappa shape index (κ2) is 6.44. The highest BCUT2D eigenvalue weighted by molar-refractivity contribution is 7.93. The Balaban J connectivity index is 2.98. The molecule has 0 unspecified atom stereocenters. The van der Waals surface area contributed by atoms with Gasteiger partial charge in [0.1, 0.15) is 5.60 Å². The first kappa shape index (κ1) is 18.1. The van der Waals surface area contributed by atoms with Crippen molar-refractivity contribution in [3.8, 4) is 0 Å². The lowest BCUT2D eigenvalue weighted by molar-refractivity contribution is -0.130. The number of amides is 1. The van der Waals surface area contributed by atoms with Gasteiger partial charge in [-0.1, -0.05) is 0 Å². The first-order valence-electron chi connectivity index (χ1n) is 5.98. The molecule has 1 amide bonds. The Labute approximate surface area is 131 Å². The van der Waals surface area contributed by atoms with Crippen LogP contribution in [-0.4, -0.2) is 42.4 Å². The van der Waals surface area contributed by atoms with Crippen LogP contribution in [0.1, 0.15) is 26.5 Å². The minimum atomic E-state index is -3.64. The summed E-state index contributed by atoms with van der Waals surface area (Å²) < 4.78 is 27.4. The van der Waals surface area contributed by atoms with Crippen molar-refractivity contribution in [3.05, 3.63) is 16.5 Å². The summed E-state index contributed by atoms with van der Waals surface area (Å²) in [5.41, 5.74) is -1.22. The molecular formula is C12H16N2O6S2. The van der Waals surface area contributed by atoms with Crippen LogP contribution in [0.4, 0.5) is 9.93 Å². The fourth-order valence-corrected chi connectivity index (χ4v) is 2.63. The minimum Gasteiger partial charge on any atom is -0.478 e. The molecule has 122 valence electrons. The second-order valence-electron chi connectivity index (χ2n) is 5.33. The second-order valence-corrected chi connectivity index (χ2v) is 8.08. The molecule has 1 rings (SSSR count). The zero-order valence-electron chi connectivity index (χ0n) is 12.4. The molecule has 1 aromatic rings. The number of nitrogens with zero attached hydrogens (tertiary/aromatic N) is 1. The van der Waals surface area contributed by atoms with Crippen molar-refractivity contribution in [2.45, 2.75) is 26.4 Å². The minimum absolute atomic E-state index is 0.0611. The predicted octanol–water partition coefficient (Wildman–Crippen LogP) is 1.96. The number of carbonyl (C=O) groups excluding carboxylic acids is 1. The van der Waals surface area contributed by atoms with Gasteiger partial charge in [0, 0.05) is 17.0 Å². The van der Waals surface area contributed by atoms with Gasteiger partial charge in [0.2, 0.25) is 0 Å². The van der Waals surface area contributed by atoms with Crippen molar-refractivity contribution >= 4 is 43.9 Å². The van der Waals surface area contributed by atoms with Gasteiger partial charge in [-0.3, -0.25) is 5.32 Å². The van der Waals surface area contributed by atoms with Crippen LogP contribution in [0.25, 0.3) is 5.57 Å². The number of aliphatic carboxylic acids is 1. The van der Waals surface area contributed by atoms with Gasteiger partial charge in [0.05, 0.1) is 11.3 Å². The summed E-state index contributed by atoms with van der Waals surface area (Å²) in [5, 5.41) is 13.5. The molecule has 2 N–H and O–H groups in total. The smallest absolute Gasteiger partial charge is 0.413 e. The molecule has 0 aromatic carbocycles. The molecule has 1 aromatic heterocycles. The third kappa shape index (κ3) is 6.22. The monoisotopic (exact) mass is 348 g/mol. The third-order valence-corrected chi connectivity index (χ3v) is 3.37. The Morgan fingerprint density at radius 1 is 1.41 bits per heavy atom. The molecular weight excluding hydrogens is 332 g/mol. The molecule has 0 spiro atoms. The first-order valence-corrected chi connectivity index (χ1v) is 8.82. The summed E-state index contributed by atoms with van der Waals surface area (Å²) >= 11 is 0.954. The Kier molecular flexibility index (Phi) is 5.30. The SMILES string of the molecule is CC(C)(C)OC(=O)Nc1nc(/C(=C/S(C)(=O)=O)C(=O)O)cs1. The van der Waals surface area contributed by atoms with Crippen molar-refractivity contribution in [1.82, 2.24) is 4.98 Å². The van der Waals surface area contributed by atoms with E-state index in [0.717, 1.165) is 17.6 Å². The Morgan fingerprint density at radius 2 is 2.00 bits per heavy atom. The van der Waals surface area contributed by atoms with Gasteiger partial charge in [-0.25, -0.2) is 23.0 Å². The van der Waals surface area contributed by atoms with Gasteiger partial charge in [-0.05, 0) is 20.8 Å². The average Bonchev–Trinajstić information content (AvgIpc) is 2.69. The Morgan fingerprint density at radius 3 is 2.45 bits per heavy atom. The number of sulfone groups is 1. The van der Waals surface area contributed by atoms with Crippen molar-refractivity contribution in [3.63, 3.8) is 0 Å². The topological polar surface area (TPSA) is 123 Å². The van der Waals surface area contributed by atoms with Crippen LogP contribution in [0.3, 0.4) is 0 Å². The van der Waals surface area contributed by atoms with Crippen molar-refractivity contribution < 1.29 is 27.9 Å². The molecule has 0 fully saturated rings. The maximum atomic E-state index is 11.6. The van der Waals surface area contributed by atoms with E-state index in [1.54, 1.807) is 20.8 Å². The zero-order valence-corrected chi connectivity index (χ0v) is 14.0. The van der Waals surface area contributed by atoms with Crippen molar-refractivity contribution in [2.24, 2.45) is 0 Å². The summed E-state index contributed by atoms with van der Waals surface area (Å²) in [6.07, 6.45) is 0.139. The Bertz CT molecular complexity index is 712. The summed E-state index contributed by atoms with van der Waals surface area (Å²) in [4.78, 5) is 26.6. The van der Waals surface area contributed by atoms with Crippen LogP contribution in [-0.2, 0) is 19.4 Å². The van der Waals surface area contributed by atoms with E-state index < -0.39 is 33.1 Å². The number of hydrogen-bond donors (Lipinski definition) is 2. The summed E-state index contributed by atoms with van der Waals surface area (Å²) in [7, 11) is -3.64. The molecule has 0 saturated heterocycles. The van der Waals surface area contributed by atoms with Crippen LogP contribution >= 0.6 is 11.3 Å². The fourth-order valence-electron chi connectivity index (χ4n) is 1.28. The number of carboxylic acid groups (broad SMARTS) is 1. The molecule has 22 heavy (non-hydrogen) atoms.